The maximum atomic E-state index is 11.4. The number of rotatable bonds is 5. The highest BCUT2D eigenvalue weighted by molar-refractivity contribution is 7.14. The van der Waals surface area contributed by atoms with Crippen molar-refractivity contribution < 1.29 is 23.8 Å². The van der Waals surface area contributed by atoms with Crippen LogP contribution >= 0.6 is 11.3 Å². The molecule has 0 radical (unpaired) electrons. The first-order chi connectivity index (χ1) is 8.08. The molecule has 0 amide bonds. The summed E-state index contributed by atoms with van der Waals surface area (Å²) in [6, 6.07) is 1.69. The Bertz CT molecular complexity index is 410. The third-order valence-electron chi connectivity index (χ3n) is 1.84. The molecule has 5 nitrogen and oxygen atoms in total. The van der Waals surface area contributed by atoms with Crippen molar-refractivity contribution in [2.24, 2.45) is 0 Å². The molecule has 0 saturated carbocycles. The number of hydrogen-bond acceptors (Lipinski definition) is 6. The fourth-order valence-corrected chi connectivity index (χ4v) is 2.05. The van der Waals surface area contributed by atoms with Gasteiger partial charge in [0.25, 0.3) is 0 Å². The van der Waals surface area contributed by atoms with Gasteiger partial charge in [0.1, 0.15) is 5.75 Å². The second kappa shape index (κ2) is 6.24. The summed E-state index contributed by atoms with van der Waals surface area (Å²) in [6.45, 7) is 3.64. The Balaban J connectivity index is 2.70. The number of carbonyl (C=O) groups excluding carboxylic acids is 2. The summed E-state index contributed by atoms with van der Waals surface area (Å²) < 4.78 is 14.6. The van der Waals surface area contributed by atoms with Gasteiger partial charge in [-0.15, -0.1) is 11.3 Å². The second-order valence-corrected chi connectivity index (χ2v) is 4.39. The van der Waals surface area contributed by atoms with Crippen molar-refractivity contribution in [2.45, 2.75) is 13.8 Å². The van der Waals surface area contributed by atoms with E-state index in [9.17, 15) is 9.59 Å². The fraction of sp³-hybridized carbons (Fsp3) is 0.455. The van der Waals surface area contributed by atoms with E-state index < -0.39 is 11.9 Å². The molecule has 6 heteroatoms. The van der Waals surface area contributed by atoms with Crippen LogP contribution in [0.2, 0.25) is 0 Å². The normalized spacial score (nSPS) is 9.82. The van der Waals surface area contributed by atoms with E-state index in [2.05, 4.69) is 4.74 Å². The van der Waals surface area contributed by atoms with Gasteiger partial charge >= 0.3 is 11.9 Å². The quantitative estimate of drug-likeness (QED) is 0.753. The molecule has 0 aliphatic heterocycles. The highest BCUT2D eigenvalue weighted by atomic mass is 32.1. The van der Waals surface area contributed by atoms with Crippen molar-refractivity contribution in [1.29, 1.82) is 0 Å². The van der Waals surface area contributed by atoms with Crippen LogP contribution in [0.1, 0.15) is 21.5 Å². The Hall–Kier alpha value is -1.56. The SMILES string of the molecule is CCOC(=O)COc1cc(C)sc1C(=O)OC. The molecule has 0 bridgehead atoms. The summed E-state index contributed by atoms with van der Waals surface area (Å²) in [6.07, 6.45) is 0. The zero-order valence-electron chi connectivity index (χ0n) is 9.94. The standard InChI is InChI=1S/C11H14O5S/c1-4-15-9(12)6-16-8-5-7(2)17-10(8)11(13)14-3/h5H,4,6H2,1-3H3. The summed E-state index contributed by atoms with van der Waals surface area (Å²) in [5.41, 5.74) is 0. The molecule has 1 aromatic rings. The van der Waals surface area contributed by atoms with E-state index in [4.69, 9.17) is 9.47 Å². The highest BCUT2D eigenvalue weighted by Gasteiger charge is 2.17. The average Bonchev–Trinajstić information content (AvgIpc) is 2.67. The lowest BCUT2D eigenvalue weighted by atomic mass is 10.4. The van der Waals surface area contributed by atoms with Gasteiger partial charge in [0.15, 0.2) is 11.5 Å². The van der Waals surface area contributed by atoms with Crippen LogP contribution in [0.5, 0.6) is 5.75 Å². The molecular weight excluding hydrogens is 244 g/mol. The highest BCUT2D eigenvalue weighted by Crippen LogP contribution is 2.29. The molecule has 1 aromatic heterocycles. The van der Waals surface area contributed by atoms with Crippen LogP contribution in [0.3, 0.4) is 0 Å². The second-order valence-electron chi connectivity index (χ2n) is 3.14. The number of methoxy groups -OCH3 is 1. The van der Waals surface area contributed by atoms with E-state index in [0.717, 1.165) is 4.88 Å². The van der Waals surface area contributed by atoms with E-state index >= 15 is 0 Å². The van der Waals surface area contributed by atoms with E-state index in [0.29, 0.717) is 17.2 Å². The Kier molecular flexibility index (Phi) is 4.96. The molecule has 1 heterocycles. The van der Waals surface area contributed by atoms with Crippen molar-refractivity contribution in [1.82, 2.24) is 0 Å². The number of thiophene rings is 1. The third kappa shape index (κ3) is 3.74. The van der Waals surface area contributed by atoms with E-state index in [-0.39, 0.29) is 6.61 Å². The Labute approximate surface area is 103 Å². The van der Waals surface area contributed by atoms with E-state index in [1.807, 2.05) is 6.92 Å². The molecule has 0 fully saturated rings. The smallest absolute Gasteiger partial charge is 0.351 e. The van der Waals surface area contributed by atoms with Crippen LogP contribution in [-0.4, -0.2) is 32.3 Å². The van der Waals surface area contributed by atoms with E-state index in [1.54, 1.807) is 13.0 Å². The molecule has 0 aromatic carbocycles. The zero-order valence-corrected chi connectivity index (χ0v) is 10.8. The predicted molar refractivity (Wildman–Crippen MR) is 62.5 cm³/mol. The van der Waals surface area contributed by atoms with Gasteiger partial charge in [-0.2, -0.15) is 0 Å². The zero-order chi connectivity index (χ0) is 12.8. The lowest BCUT2D eigenvalue weighted by molar-refractivity contribution is -0.145. The van der Waals surface area contributed by atoms with Crippen LogP contribution in [-0.2, 0) is 14.3 Å². The van der Waals surface area contributed by atoms with Crippen LogP contribution in [0.15, 0.2) is 6.07 Å². The molecule has 17 heavy (non-hydrogen) atoms. The largest absolute Gasteiger partial charge is 0.480 e. The van der Waals surface area contributed by atoms with Gasteiger partial charge < -0.3 is 14.2 Å². The molecule has 0 unspecified atom stereocenters. The first-order valence-electron chi connectivity index (χ1n) is 5.05. The van der Waals surface area contributed by atoms with Crippen molar-refractivity contribution in [3.05, 3.63) is 15.8 Å². The van der Waals surface area contributed by atoms with Crippen molar-refractivity contribution in [3.8, 4) is 5.75 Å². The average molecular weight is 258 g/mol. The van der Waals surface area contributed by atoms with Gasteiger partial charge in [0.2, 0.25) is 0 Å². The summed E-state index contributed by atoms with van der Waals surface area (Å²) in [5.74, 6) is -0.582. The van der Waals surface area contributed by atoms with Gasteiger partial charge in [-0.1, -0.05) is 0 Å². The Morgan fingerprint density at radius 1 is 1.41 bits per heavy atom. The summed E-state index contributed by atoms with van der Waals surface area (Å²) in [5, 5.41) is 0. The maximum absolute atomic E-state index is 11.4. The lowest BCUT2D eigenvalue weighted by Gasteiger charge is -2.05. The number of ether oxygens (including phenoxy) is 3. The minimum absolute atomic E-state index is 0.214. The molecule has 94 valence electrons. The van der Waals surface area contributed by atoms with Gasteiger partial charge in [-0.3, -0.25) is 0 Å². The molecule has 0 atom stereocenters. The number of carbonyl (C=O) groups is 2. The first-order valence-corrected chi connectivity index (χ1v) is 5.87. The van der Waals surface area contributed by atoms with Crippen molar-refractivity contribution in [3.63, 3.8) is 0 Å². The number of aryl methyl sites for hydroxylation is 1. The monoisotopic (exact) mass is 258 g/mol. The predicted octanol–water partition coefficient (Wildman–Crippen LogP) is 1.79. The molecule has 0 aliphatic carbocycles. The molecule has 0 spiro atoms. The summed E-state index contributed by atoms with van der Waals surface area (Å²) in [4.78, 5) is 23.8. The summed E-state index contributed by atoms with van der Waals surface area (Å²) in [7, 11) is 1.30. The Morgan fingerprint density at radius 2 is 2.12 bits per heavy atom. The van der Waals surface area contributed by atoms with Gasteiger partial charge in [0.05, 0.1) is 13.7 Å². The van der Waals surface area contributed by atoms with Crippen molar-refractivity contribution >= 4 is 23.3 Å². The number of hydrogen-bond donors (Lipinski definition) is 0. The topological polar surface area (TPSA) is 61.8 Å². The fourth-order valence-electron chi connectivity index (χ4n) is 1.17. The molecular formula is C11H14O5S. The third-order valence-corrected chi connectivity index (χ3v) is 2.85. The van der Waals surface area contributed by atoms with Gasteiger partial charge in [0, 0.05) is 4.88 Å². The Morgan fingerprint density at radius 3 is 2.71 bits per heavy atom. The maximum Gasteiger partial charge on any atom is 0.351 e. The minimum Gasteiger partial charge on any atom is -0.480 e. The van der Waals surface area contributed by atoms with Crippen LogP contribution in [0.4, 0.5) is 0 Å². The van der Waals surface area contributed by atoms with Crippen molar-refractivity contribution in [2.75, 3.05) is 20.3 Å². The van der Waals surface area contributed by atoms with Gasteiger partial charge in [-0.25, -0.2) is 9.59 Å². The van der Waals surface area contributed by atoms with Gasteiger partial charge in [-0.05, 0) is 19.9 Å². The molecule has 0 N–H and O–H groups in total. The summed E-state index contributed by atoms with van der Waals surface area (Å²) >= 11 is 1.26. The van der Waals surface area contributed by atoms with Crippen LogP contribution in [0, 0.1) is 6.92 Å². The van der Waals surface area contributed by atoms with E-state index in [1.165, 1.54) is 18.4 Å². The molecule has 0 aliphatic rings. The molecule has 0 saturated heterocycles. The molecule has 1 rings (SSSR count). The lowest BCUT2D eigenvalue weighted by Crippen LogP contribution is -2.15. The van der Waals surface area contributed by atoms with Crippen LogP contribution < -0.4 is 4.74 Å². The number of esters is 2. The first kappa shape index (κ1) is 13.5. The minimum atomic E-state index is -0.470. The van der Waals surface area contributed by atoms with Crippen LogP contribution in [0.25, 0.3) is 0 Å².